The predicted molar refractivity (Wildman–Crippen MR) is 213 cm³/mol. The van der Waals surface area contributed by atoms with Crippen molar-refractivity contribution in [2.75, 3.05) is 0 Å². The minimum atomic E-state index is -0.553. The Balaban J connectivity index is 1.17. The standard InChI is InChI=1S/C45H33N5S/c1-2-14-40-41(36-23-8-11-26-39(36)51-40)42(46)45-48-43(29-15-4-3-5-16-29)47-44(49-45)32-19-12-17-30(27-32)31-18-13-20-33(28-31)50-37-24-9-6-21-34(37)35-22-7-10-25-38(35)50/h2-28,42H,46H2,1H3/b14-2-. The van der Waals surface area contributed by atoms with Crippen molar-refractivity contribution < 1.29 is 0 Å². The number of nitrogens with two attached hydrogens (primary N) is 1. The van der Waals surface area contributed by atoms with Crippen LogP contribution in [0.5, 0.6) is 0 Å². The van der Waals surface area contributed by atoms with E-state index in [2.05, 4.69) is 138 Å². The molecule has 1 unspecified atom stereocenters. The van der Waals surface area contributed by atoms with Crippen molar-refractivity contribution in [3.63, 3.8) is 0 Å². The average molecular weight is 676 g/mol. The van der Waals surface area contributed by atoms with Gasteiger partial charge in [0, 0.05) is 42.7 Å². The van der Waals surface area contributed by atoms with Crippen LogP contribution in [0.4, 0.5) is 0 Å². The van der Waals surface area contributed by atoms with Gasteiger partial charge in [0.15, 0.2) is 17.5 Å². The van der Waals surface area contributed by atoms with Crippen LogP contribution >= 0.6 is 11.3 Å². The van der Waals surface area contributed by atoms with Crippen LogP contribution in [0.15, 0.2) is 158 Å². The highest BCUT2D eigenvalue weighted by atomic mass is 32.1. The van der Waals surface area contributed by atoms with Gasteiger partial charge < -0.3 is 10.3 Å². The van der Waals surface area contributed by atoms with Crippen LogP contribution in [0.25, 0.3) is 77.6 Å². The molecule has 0 amide bonds. The van der Waals surface area contributed by atoms with E-state index in [1.165, 1.54) is 26.5 Å². The molecule has 244 valence electrons. The normalized spacial score (nSPS) is 12.4. The third-order valence-electron chi connectivity index (χ3n) is 9.39. The third kappa shape index (κ3) is 5.51. The quantitative estimate of drug-likeness (QED) is 0.183. The molecule has 51 heavy (non-hydrogen) atoms. The van der Waals surface area contributed by atoms with Crippen LogP contribution in [0.3, 0.4) is 0 Å². The Bertz CT molecular complexity index is 2690. The van der Waals surface area contributed by atoms with Crippen LogP contribution in [-0.2, 0) is 0 Å². The first-order valence-electron chi connectivity index (χ1n) is 17.1. The van der Waals surface area contributed by atoms with Gasteiger partial charge in [0.25, 0.3) is 0 Å². The number of para-hydroxylation sites is 2. The van der Waals surface area contributed by atoms with E-state index < -0.39 is 6.04 Å². The summed E-state index contributed by atoms with van der Waals surface area (Å²) in [6.45, 7) is 2.03. The smallest absolute Gasteiger partial charge is 0.163 e. The Hall–Kier alpha value is -6.21. The summed E-state index contributed by atoms with van der Waals surface area (Å²) in [5.74, 6) is 1.71. The predicted octanol–water partition coefficient (Wildman–Crippen LogP) is 11.3. The maximum absolute atomic E-state index is 7.13. The molecule has 3 heterocycles. The lowest BCUT2D eigenvalue weighted by Crippen LogP contribution is -2.17. The van der Waals surface area contributed by atoms with E-state index in [1.54, 1.807) is 11.3 Å². The van der Waals surface area contributed by atoms with Crippen LogP contribution in [-0.4, -0.2) is 19.5 Å². The van der Waals surface area contributed by atoms with Crippen molar-refractivity contribution in [1.29, 1.82) is 0 Å². The topological polar surface area (TPSA) is 69.6 Å². The van der Waals surface area contributed by atoms with E-state index in [9.17, 15) is 0 Å². The number of rotatable bonds is 7. The molecule has 0 saturated carbocycles. The molecule has 6 aromatic carbocycles. The number of hydrogen-bond acceptors (Lipinski definition) is 5. The largest absolute Gasteiger partial charge is 0.318 e. The molecule has 9 rings (SSSR count). The zero-order valence-corrected chi connectivity index (χ0v) is 28.8. The molecule has 9 aromatic rings. The highest BCUT2D eigenvalue weighted by Gasteiger charge is 2.23. The Labute approximate surface area is 300 Å². The minimum absolute atomic E-state index is 0.534. The Morgan fingerprint density at radius 1 is 0.569 bits per heavy atom. The molecule has 0 spiro atoms. The number of fused-ring (bicyclic) bond motifs is 4. The number of allylic oxidation sites excluding steroid dienone is 1. The number of benzene rings is 6. The number of nitrogens with zero attached hydrogens (tertiary/aromatic N) is 4. The molecule has 0 aliphatic carbocycles. The first-order chi connectivity index (χ1) is 25.2. The minimum Gasteiger partial charge on any atom is -0.318 e. The van der Waals surface area contributed by atoms with Gasteiger partial charge in [0.05, 0.1) is 17.1 Å². The first-order valence-corrected chi connectivity index (χ1v) is 17.9. The van der Waals surface area contributed by atoms with Gasteiger partial charge in [-0.2, -0.15) is 0 Å². The highest BCUT2D eigenvalue weighted by molar-refractivity contribution is 7.20. The molecule has 3 aromatic heterocycles. The molecule has 0 bridgehead atoms. The van der Waals surface area contributed by atoms with Crippen LogP contribution < -0.4 is 5.73 Å². The summed E-state index contributed by atoms with van der Waals surface area (Å²) < 4.78 is 3.53. The second-order valence-corrected chi connectivity index (χ2v) is 13.6. The van der Waals surface area contributed by atoms with E-state index in [4.69, 9.17) is 20.7 Å². The third-order valence-corrected chi connectivity index (χ3v) is 10.5. The molecule has 2 N–H and O–H groups in total. The van der Waals surface area contributed by atoms with Crippen molar-refractivity contribution in [3.05, 3.63) is 174 Å². The summed E-state index contributed by atoms with van der Waals surface area (Å²) >= 11 is 1.73. The van der Waals surface area contributed by atoms with E-state index in [0.29, 0.717) is 17.5 Å². The van der Waals surface area contributed by atoms with E-state index in [-0.39, 0.29) is 0 Å². The van der Waals surface area contributed by atoms with Gasteiger partial charge in [0.1, 0.15) is 0 Å². The molecule has 0 saturated heterocycles. The molecular weight excluding hydrogens is 643 g/mol. The zero-order chi connectivity index (χ0) is 34.3. The summed E-state index contributed by atoms with van der Waals surface area (Å²) in [6.07, 6.45) is 4.17. The fraction of sp³-hybridized carbons (Fsp3) is 0.0444. The second kappa shape index (κ2) is 12.9. The molecular formula is C45H33N5S. The van der Waals surface area contributed by atoms with Crippen molar-refractivity contribution in [2.24, 2.45) is 5.73 Å². The van der Waals surface area contributed by atoms with Crippen molar-refractivity contribution >= 4 is 49.3 Å². The lowest BCUT2D eigenvalue weighted by molar-refractivity contribution is 0.779. The fourth-order valence-electron chi connectivity index (χ4n) is 7.05. The number of hydrogen-bond donors (Lipinski definition) is 1. The number of aromatic nitrogens is 4. The summed E-state index contributed by atoms with van der Waals surface area (Å²) in [7, 11) is 0. The fourth-order valence-corrected chi connectivity index (χ4v) is 8.27. The maximum atomic E-state index is 7.13. The van der Waals surface area contributed by atoms with Gasteiger partial charge in [-0.3, -0.25) is 0 Å². The molecule has 0 fully saturated rings. The monoisotopic (exact) mass is 675 g/mol. The highest BCUT2D eigenvalue weighted by Crippen LogP contribution is 2.38. The average Bonchev–Trinajstić information content (AvgIpc) is 3.73. The SMILES string of the molecule is C/C=C\c1sc2ccccc2c1C(N)c1nc(-c2ccccc2)nc(-c2cccc(-c3cccc(-n4c5ccccc5c5ccccc54)c3)c2)n1. The van der Waals surface area contributed by atoms with E-state index in [0.717, 1.165) is 43.8 Å². The van der Waals surface area contributed by atoms with Gasteiger partial charge in [-0.25, -0.2) is 15.0 Å². The van der Waals surface area contributed by atoms with Gasteiger partial charge >= 0.3 is 0 Å². The summed E-state index contributed by atoms with van der Waals surface area (Å²) in [5, 5.41) is 3.61. The van der Waals surface area contributed by atoms with Crippen molar-refractivity contribution in [3.8, 4) is 39.6 Å². The van der Waals surface area contributed by atoms with Gasteiger partial charge in [0.2, 0.25) is 0 Å². The molecule has 6 heteroatoms. The van der Waals surface area contributed by atoms with Crippen LogP contribution in [0, 0.1) is 0 Å². The molecule has 5 nitrogen and oxygen atoms in total. The van der Waals surface area contributed by atoms with Crippen molar-refractivity contribution in [2.45, 2.75) is 13.0 Å². The van der Waals surface area contributed by atoms with Gasteiger partial charge in [-0.1, -0.05) is 121 Å². The summed E-state index contributed by atoms with van der Waals surface area (Å²) in [5.41, 5.74) is 15.6. The Morgan fingerprint density at radius 3 is 1.86 bits per heavy atom. The Kier molecular flexibility index (Phi) is 7.81. The lowest BCUT2D eigenvalue weighted by Gasteiger charge is -2.15. The number of thiophene rings is 1. The first kappa shape index (κ1) is 30.8. The lowest BCUT2D eigenvalue weighted by atomic mass is 10.0. The molecule has 0 aliphatic heterocycles. The van der Waals surface area contributed by atoms with E-state index >= 15 is 0 Å². The van der Waals surface area contributed by atoms with Crippen LogP contribution in [0.2, 0.25) is 0 Å². The van der Waals surface area contributed by atoms with Crippen LogP contribution in [0.1, 0.15) is 29.2 Å². The van der Waals surface area contributed by atoms with Gasteiger partial charge in [-0.05, 0) is 65.9 Å². The van der Waals surface area contributed by atoms with Crippen molar-refractivity contribution in [1.82, 2.24) is 19.5 Å². The molecule has 0 aliphatic rings. The Morgan fingerprint density at radius 2 is 1.14 bits per heavy atom. The summed E-state index contributed by atoms with van der Waals surface area (Å²) in [4.78, 5) is 16.2. The van der Waals surface area contributed by atoms with Gasteiger partial charge in [-0.15, -0.1) is 11.3 Å². The zero-order valence-electron chi connectivity index (χ0n) is 27.9. The second-order valence-electron chi connectivity index (χ2n) is 12.6. The molecule has 1 atom stereocenters. The summed E-state index contributed by atoms with van der Waals surface area (Å²) in [6, 6.07) is 52.2. The van der Waals surface area contributed by atoms with E-state index in [1.807, 2.05) is 37.3 Å². The molecule has 0 radical (unpaired) electrons. The maximum Gasteiger partial charge on any atom is 0.163 e.